The molecule has 1 rings (SSSR count). The zero-order valence-electron chi connectivity index (χ0n) is 18.0. The number of methoxy groups -OCH3 is 1. The number of hydrogen-bond donors (Lipinski definition) is 0. The Morgan fingerprint density at radius 1 is 1.10 bits per heavy atom. The third-order valence-electron chi connectivity index (χ3n) is 4.17. The van der Waals surface area contributed by atoms with Gasteiger partial charge in [0.25, 0.3) is 0 Å². The van der Waals surface area contributed by atoms with Crippen LogP contribution in [0.3, 0.4) is 0 Å². The van der Waals surface area contributed by atoms with Crippen molar-refractivity contribution in [1.29, 1.82) is 0 Å². The first-order valence-electron chi connectivity index (χ1n) is 9.69. The van der Waals surface area contributed by atoms with Crippen LogP contribution in [0.25, 0.3) is 0 Å². The summed E-state index contributed by atoms with van der Waals surface area (Å²) < 4.78 is 15.7. The summed E-state index contributed by atoms with van der Waals surface area (Å²) in [5.41, 5.74) is -2.99. The van der Waals surface area contributed by atoms with Gasteiger partial charge in [0.1, 0.15) is 12.2 Å². The lowest BCUT2D eigenvalue weighted by Crippen LogP contribution is -2.50. The van der Waals surface area contributed by atoms with Gasteiger partial charge in [-0.1, -0.05) is 18.0 Å². The zero-order valence-corrected chi connectivity index (χ0v) is 19.6. The molecule has 1 heterocycles. The quantitative estimate of drug-likeness (QED) is 0.199. The van der Waals surface area contributed by atoms with E-state index in [9.17, 15) is 19.2 Å². The molecule has 0 saturated heterocycles. The summed E-state index contributed by atoms with van der Waals surface area (Å²) in [7, 11) is 1.31. The topological polar surface area (TPSA) is 96.0 Å². The number of ether oxygens (including phenoxy) is 3. The van der Waals surface area contributed by atoms with E-state index in [1.807, 2.05) is 0 Å². The molecule has 1 atom stereocenters. The van der Waals surface area contributed by atoms with Gasteiger partial charge in [0, 0.05) is 13.5 Å². The van der Waals surface area contributed by atoms with E-state index >= 15 is 0 Å². The van der Waals surface area contributed by atoms with Crippen molar-refractivity contribution in [1.82, 2.24) is 0 Å². The van der Waals surface area contributed by atoms with E-state index in [-0.39, 0.29) is 36.7 Å². The third kappa shape index (κ3) is 7.18. The van der Waals surface area contributed by atoms with Crippen LogP contribution in [0.5, 0.6) is 0 Å². The van der Waals surface area contributed by atoms with E-state index in [4.69, 9.17) is 25.8 Å². The van der Waals surface area contributed by atoms with Crippen LogP contribution in [-0.2, 0) is 28.6 Å². The normalized spacial score (nSPS) is 13.4. The highest BCUT2D eigenvalue weighted by molar-refractivity contribution is 7.18. The van der Waals surface area contributed by atoms with E-state index in [1.165, 1.54) is 19.2 Å². The summed E-state index contributed by atoms with van der Waals surface area (Å²) >= 11 is 6.95. The number of esters is 2. The Balaban J connectivity index is 3.28. The minimum absolute atomic E-state index is 0.113. The minimum Gasteiger partial charge on any atom is -0.466 e. The summed E-state index contributed by atoms with van der Waals surface area (Å²) in [5, 5.41) is 0. The van der Waals surface area contributed by atoms with Gasteiger partial charge < -0.3 is 14.2 Å². The number of carbonyl (C=O) groups excluding carboxylic acids is 4. The molecule has 0 aliphatic heterocycles. The summed E-state index contributed by atoms with van der Waals surface area (Å²) in [6.45, 7) is 6.52. The van der Waals surface area contributed by atoms with Crippen molar-refractivity contribution >= 4 is 46.4 Å². The Labute approximate surface area is 186 Å². The number of Topliss-reactive ketones (excluding diaryl/α,β-unsaturated/α-hetero) is 2. The number of unbranched alkanes of at least 4 members (excludes halogenated alkanes) is 1. The lowest BCUT2D eigenvalue weighted by atomic mass is 9.74. The number of halogens is 1. The van der Waals surface area contributed by atoms with Crippen molar-refractivity contribution in [2.75, 3.05) is 20.3 Å². The largest absolute Gasteiger partial charge is 0.466 e. The van der Waals surface area contributed by atoms with E-state index in [2.05, 4.69) is 0 Å². The van der Waals surface area contributed by atoms with Crippen molar-refractivity contribution in [2.45, 2.75) is 59.0 Å². The average molecular weight is 461 g/mol. The average Bonchev–Trinajstić information content (AvgIpc) is 3.06. The number of ketones is 2. The molecule has 1 aromatic rings. The maximum absolute atomic E-state index is 13.4. The SMILES string of the molecule is CCOC(=O)CCCCC(C(=O)COC)(C(=O)OC(C)(C)C)C(=O)c1ccc(Cl)s1. The van der Waals surface area contributed by atoms with E-state index in [0.717, 1.165) is 11.3 Å². The summed E-state index contributed by atoms with van der Waals surface area (Å²) in [5.74, 6) is -2.67. The predicted molar refractivity (Wildman–Crippen MR) is 114 cm³/mol. The fourth-order valence-corrected chi connectivity index (χ4v) is 3.91. The standard InChI is InChI=1S/C21H29ClO7S/c1-6-28-17(24)9-7-8-12-21(15(23)13-27-5,19(26)29-20(2,3)4)18(25)14-10-11-16(22)30-14/h10-11H,6-9,12-13H2,1-5H3. The maximum Gasteiger partial charge on any atom is 0.328 e. The number of rotatable bonds is 12. The molecule has 0 aromatic carbocycles. The molecule has 0 fully saturated rings. The molecule has 0 amide bonds. The molecule has 168 valence electrons. The summed E-state index contributed by atoms with van der Waals surface area (Å²) in [4.78, 5) is 51.5. The Bertz CT molecular complexity index is 766. The smallest absolute Gasteiger partial charge is 0.328 e. The fourth-order valence-electron chi connectivity index (χ4n) is 2.85. The molecule has 0 N–H and O–H groups in total. The molecule has 1 unspecified atom stereocenters. The minimum atomic E-state index is -2.08. The Hall–Kier alpha value is -1.77. The first kappa shape index (κ1) is 26.3. The number of carbonyl (C=O) groups is 4. The Kier molecular flexibility index (Phi) is 10.1. The van der Waals surface area contributed by atoms with Crippen molar-refractivity contribution in [3.05, 3.63) is 21.3 Å². The van der Waals surface area contributed by atoms with Gasteiger partial charge in [-0.25, -0.2) is 0 Å². The summed E-state index contributed by atoms with van der Waals surface area (Å²) in [6.07, 6.45) is 0.619. The Morgan fingerprint density at radius 2 is 1.77 bits per heavy atom. The highest BCUT2D eigenvalue weighted by atomic mass is 35.5. The second-order valence-electron chi connectivity index (χ2n) is 7.71. The second-order valence-corrected chi connectivity index (χ2v) is 9.42. The number of thiophene rings is 1. The van der Waals surface area contributed by atoms with Crippen LogP contribution >= 0.6 is 22.9 Å². The van der Waals surface area contributed by atoms with E-state index < -0.39 is 35.2 Å². The molecular weight excluding hydrogens is 432 g/mol. The molecule has 0 radical (unpaired) electrons. The highest BCUT2D eigenvalue weighted by Crippen LogP contribution is 2.37. The molecule has 30 heavy (non-hydrogen) atoms. The van der Waals surface area contributed by atoms with E-state index in [0.29, 0.717) is 10.8 Å². The van der Waals surface area contributed by atoms with Crippen LogP contribution in [0.2, 0.25) is 4.34 Å². The van der Waals surface area contributed by atoms with Crippen LogP contribution in [0, 0.1) is 5.41 Å². The van der Waals surface area contributed by atoms with Gasteiger partial charge in [-0.05, 0) is 52.7 Å². The Morgan fingerprint density at radius 3 is 2.27 bits per heavy atom. The van der Waals surface area contributed by atoms with Gasteiger partial charge in [0.05, 0.1) is 15.8 Å². The molecule has 0 spiro atoms. The molecule has 1 aromatic heterocycles. The van der Waals surface area contributed by atoms with Gasteiger partial charge in [-0.2, -0.15) is 0 Å². The molecule has 0 aliphatic rings. The molecule has 9 heteroatoms. The van der Waals surface area contributed by atoms with E-state index in [1.54, 1.807) is 27.7 Å². The van der Waals surface area contributed by atoms with Crippen molar-refractivity contribution in [2.24, 2.45) is 5.41 Å². The lowest BCUT2D eigenvalue weighted by Gasteiger charge is -2.32. The first-order valence-corrected chi connectivity index (χ1v) is 10.9. The molecule has 7 nitrogen and oxygen atoms in total. The zero-order chi connectivity index (χ0) is 22.9. The second kappa shape index (κ2) is 11.6. The van der Waals surface area contributed by atoms with Crippen LogP contribution < -0.4 is 0 Å². The van der Waals surface area contributed by atoms with Crippen molar-refractivity contribution in [3.8, 4) is 0 Å². The summed E-state index contributed by atoms with van der Waals surface area (Å²) in [6, 6.07) is 3.01. The highest BCUT2D eigenvalue weighted by Gasteiger charge is 2.54. The van der Waals surface area contributed by atoms with Gasteiger partial charge >= 0.3 is 11.9 Å². The van der Waals surface area contributed by atoms with Crippen LogP contribution in [0.1, 0.15) is 63.0 Å². The van der Waals surface area contributed by atoms with Gasteiger partial charge in [0.2, 0.25) is 0 Å². The predicted octanol–water partition coefficient (Wildman–Crippen LogP) is 4.25. The van der Waals surface area contributed by atoms with Crippen molar-refractivity contribution in [3.63, 3.8) is 0 Å². The monoisotopic (exact) mass is 460 g/mol. The molecule has 0 aliphatic carbocycles. The first-order chi connectivity index (χ1) is 14.0. The molecule has 0 bridgehead atoms. The lowest BCUT2D eigenvalue weighted by molar-refractivity contribution is -0.168. The van der Waals surface area contributed by atoms with Crippen LogP contribution in [0.15, 0.2) is 12.1 Å². The van der Waals surface area contributed by atoms with Crippen LogP contribution in [-0.4, -0.2) is 49.4 Å². The van der Waals surface area contributed by atoms with Gasteiger partial charge in [0.15, 0.2) is 17.0 Å². The maximum atomic E-state index is 13.4. The fraction of sp³-hybridized carbons (Fsp3) is 0.619. The molecular formula is C21H29ClO7S. The third-order valence-corrected chi connectivity index (χ3v) is 5.40. The van der Waals surface area contributed by atoms with Crippen LogP contribution in [0.4, 0.5) is 0 Å². The van der Waals surface area contributed by atoms with Crippen molar-refractivity contribution < 1.29 is 33.4 Å². The van der Waals surface area contributed by atoms with Gasteiger partial charge in [-0.15, -0.1) is 11.3 Å². The number of hydrogen-bond acceptors (Lipinski definition) is 8. The van der Waals surface area contributed by atoms with Gasteiger partial charge in [-0.3, -0.25) is 19.2 Å². The molecule has 0 saturated carbocycles.